The summed E-state index contributed by atoms with van der Waals surface area (Å²) in [6.45, 7) is 5.38. The molecule has 0 aliphatic carbocycles. The maximum atomic E-state index is 10.1. The molecule has 2 N–H and O–H groups in total. The minimum absolute atomic E-state index is 0.503. The van der Waals surface area contributed by atoms with Gasteiger partial charge in [0.2, 0.25) is 0 Å². The molecule has 0 radical (unpaired) electrons. The van der Waals surface area contributed by atoms with Crippen molar-refractivity contribution in [2.24, 2.45) is 0 Å². The molecule has 0 spiro atoms. The van der Waals surface area contributed by atoms with Crippen molar-refractivity contribution in [1.29, 1.82) is 0 Å². The number of hydrogen-bond acceptors (Lipinski definition) is 4. The molecule has 1 aliphatic rings. The molecule has 90 valence electrons. The Morgan fingerprint density at radius 2 is 2.38 bits per heavy atom. The topological polar surface area (TPSA) is 45.4 Å². The van der Waals surface area contributed by atoms with Crippen molar-refractivity contribution >= 4 is 11.8 Å². The van der Waals surface area contributed by atoms with Gasteiger partial charge in [0.05, 0.1) is 5.60 Å². The molecule has 1 saturated heterocycles. The summed E-state index contributed by atoms with van der Waals surface area (Å²) in [5, 5.41) is 13.5. The fourth-order valence-electron chi connectivity index (χ4n) is 2.02. The Bertz CT molecular complexity index is 356. The second kappa shape index (κ2) is 4.82. The normalized spacial score (nSPS) is 25.2. The predicted molar refractivity (Wildman–Crippen MR) is 66.8 cm³/mol. The van der Waals surface area contributed by atoms with E-state index < -0.39 is 5.60 Å². The standard InChI is InChI=1S/C12H19NO2S/c1-9-5-11(10(2)15-9)6-13-7-12(14)3-4-16-8-12/h5,13-14H,3-4,6-8H2,1-2H3. The third-order valence-corrected chi connectivity index (χ3v) is 4.23. The number of aryl methyl sites for hydroxylation is 2. The summed E-state index contributed by atoms with van der Waals surface area (Å²) in [6, 6.07) is 2.05. The molecule has 1 aliphatic heterocycles. The lowest BCUT2D eigenvalue weighted by atomic mass is 10.0. The van der Waals surface area contributed by atoms with Gasteiger partial charge in [-0.1, -0.05) is 0 Å². The summed E-state index contributed by atoms with van der Waals surface area (Å²) in [5.41, 5.74) is 0.684. The second-order valence-corrected chi connectivity index (χ2v) is 5.67. The summed E-state index contributed by atoms with van der Waals surface area (Å²) < 4.78 is 5.46. The average Bonchev–Trinajstić information content (AvgIpc) is 2.75. The number of hydrogen-bond donors (Lipinski definition) is 2. The number of thioether (sulfide) groups is 1. The fourth-order valence-corrected chi connectivity index (χ4v) is 3.32. The van der Waals surface area contributed by atoms with Crippen LogP contribution in [0.2, 0.25) is 0 Å². The molecule has 1 unspecified atom stereocenters. The first-order chi connectivity index (χ1) is 7.59. The van der Waals surface area contributed by atoms with Crippen molar-refractivity contribution in [3.05, 3.63) is 23.2 Å². The Kier molecular flexibility index (Phi) is 3.62. The number of nitrogens with one attached hydrogen (secondary N) is 1. The molecule has 1 aromatic heterocycles. The fraction of sp³-hybridized carbons (Fsp3) is 0.667. The van der Waals surface area contributed by atoms with E-state index in [9.17, 15) is 5.11 Å². The van der Waals surface area contributed by atoms with Crippen molar-refractivity contribution in [2.75, 3.05) is 18.1 Å². The van der Waals surface area contributed by atoms with Crippen LogP contribution >= 0.6 is 11.8 Å². The summed E-state index contributed by atoms with van der Waals surface area (Å²) in [5.74, 6) is 3.84. The van der Waals surface area contributed by atoms with Gasteiger partial charge >= 0.3 is 0 Å². The first-order valence-electron chi connectivity index (χ1n) is 5.66. The Hall–Kier alpha value is -0.450. The van der Waals surface area contributed by atoms with Crippen LogP contribution in [0.1, 0.15) is 23.5 Å². The molecule has 1 aromatic rings. The van der Waals surface area contributed by atoms with Crippen LogP contribution in [0.5, 0.6) is 0 Å². The summed E-state index contributed by atoms with van der Waals surface area (Å²) in [4.78, 5) is 0. The van der Waals surface area contributed by atoms with Gasteiger partial charge in [0, 0.05) is 24.4 Å². The van der Waals surface area contributed by atoms with Crippen molar-refractivity contribution in [3.8, 4) is 0 Å². The van der Waals surface area contributed by atoms with Crippen LogP contribution in [-0.4, -0.2) is 28.8 Å². The Morgan fingerprint density at radius 3 is 2.94 bits per heavy atom. The highest BCUT2D eigenvalue weighted by molar-refractivity contribution is 7.99. The summed E-state index contributed by atoms with van der Waals surface area (Å²) >= 11 is 1.83. The number of furan rings is 1. The van der Waals surface area contributed by atoms with E-state index in [1.165, 1.54) is 5.56 Å². The average molecular weight is 241 g/mol. The molecular weight excluding hydrogens is 222 g/mol. The van der Waals surface area contributed by atoms with E-state index >= 15 is 0 Å². The van der Waals surface area contributed by atoms with E-state index in [-0.39, 0.29) is 0 Å². The molecule has 2 heterocycles. The van der Waals surface area contributed by atoms with E-state index in [1.807, 2.05) is 25.6 Å². The zero-order chi connectivity index (χ0) is 11.6. The molecule has 0 aromatic carbocycles. The second-order valence-electron chi connectivity index (χ2n) is 4.57. The molecular formula is C12H19NO2S. The van der Waals surface area contributed by atoms with Crippen LogP contribution in [-0.2, 0) is 6.54 Å². The lowest BCUT2D eigenvalue weighted by Crippen LogP contribution is -2.40. The SMILES string of the molecule is Cc1cc(CNCC2(O)CCSC2)c(C)o1. The van der Waals surface area contributed by atoms with Crippen LogP contribution in [0.25, 0.3) is 0 Å². The number of rotatable bonds is 4. The van der Waals surface area contributed by atoms with E-state index in [0.29, 0.717) is 6.54 Å². The summed E-state index contributed by atoms with van der Waals surface area (Å²) in [6.07, 6.45) is 0.897. The van der Waals surface area contributed by atoms with Crippen LogP contribution in [0, 0.1) is 13.8 Å². The largest absolute Gasteiger partial charge is 0.466 e. The molecule has 2 rings (SSSR count). The van der Waals surface area contributed by atoms with Gasteiger partial charge in [0.1, 0.15) is 11.5 Å². The van der Waals surface area contributed by atoms with Gasteiger partial charge in [-0.3, -0.25) is 0 Å². The van der Waals surface area contributed by atoms with Gasteiger partial charge in [-0.15, -0.1) is 0 Å². The maximum absolute atomic E-state index is 10.1. The van der Waals surface area contributed by atoms with Gasteiger partial charge < -0.3 is 14.8 Å². The molecule has 0 saturated carbocycles. The zero-order valence-electron chi connectivity index (χ0n) is 9.88. The van der Waals surface area contributed by atoms with Crippen LogP contribution < -0.4 is 5.32 Å². The maximum Gasteiger partial charge on any atom is 0.105 e. The van der Waals surface area contributed by atoms with Gasteiger partial charge in [0.25, 0.3) is 0 Å². The lowest BCUT2D eigenvalue weighted by molar-refractivity contribution is 0.0674. The van der Waals surface area contributed by atoms with Crippen LogP contribution in [0.3, 0.4) is 0 Å². The van der Waals surface area contributed by atoms with E-state index in [0.717, 1.165) is 36.0 Å². The van der Waals surface area contributed by atoms with Gasteiger partial charge in [-0.2, -0.15) is 11.8 Å². The predicted octanol–water partition coefficient (Wildman–Crippen LogP) is 1.85. The lowest BCUT2D eigenvalue weighted by Gasteiger charge is -2.21. The van der Waals surface area contributed by atoms with Gasteiger partial charge in [0.15, 0.2) is 0 Å². The summed E-state index contributed by atoms with van der Waals surface area (Å²) in [7, 11) is 0. The molecule has 1 fully saturated rings. The minimum Gasteiger partial charge on any atom is -0.466 e. The highest BCUT2D eigenvalue weighted by Gasteiger charge is 2.31. The van der Waals surface area contributed by atoms with Gasteiger partial charge in [-0.25, -0.2) is 0 Å². The first kappa shape index (κ1) is 12.0. The van der Waals surface area contributed by atoms with Crippen LogP contribution in [0.4, 0.5) is 0 Å². The Labute approximate surface area is 101 Å². The molecule has 0 bridgehead atoms. The molecule has 0 amide bonds. The van der Waals surface area contributed by atoms with Crippen molar-refractivity contribution in [1.82, 2.24) is 5.32 Å². The van der Waals surface area contributed by atoms with Crippen molar-refractivity contribution < 1.29 is 9.52 Å². The highest BCUT2D eigenvalue weighted by atomic mass is 32.2. The molecule has 4 heteroatoms. The monoisotopic (exact) mass is 241 g/mol. The van der Waals surface area contributed by atoms with Crippen molar-refractivity contribution in [3.63, 3.8) is 0 Å². The zero-order valence-corrected chi connectivity index (χ0v) is 10.7. The van der Waals surface area contributed by atoms with E-state index in [1.54, 1.807) is 0 Å². The third kappa shape index (κ3) is 2.81. The minimum atomic E-state index is -0.503. The highest BCUT2D eigenvalue weighted by Crippen LogP contribution is 2.27. The van der Waals surface area contributed by atoms with E-state index in [4.69, 9.17) is 4.42 Å². The first-order valence-corrected chi connectivity index (χ1v) is 6.81. The Balaban J connectivity index is 1.81. The smallest absolute Gasteiger partial charge is 0.105 e. The van der Waals surface area contributed by atoms with E-state index in [2.05, 4.69) is 11.4 Å². The molecule has 3 nitrogen and oxygen atoms in total. The van der Waals surface area contributed by atoms with Gasteiger partial charge in [-0.05, 0) is 32.1 Å². The number of aliphatic hydroxyl groups is 1. The third-order valence-electron chi connectivity index (χ3n) is 3.00. The quantitative estimate of drug-likeness (QED) is 0.844. The van der Waals surface area contributed by atoms with Crippen LogP contribution in [0.15, 0.2) is 10.5 Å². The molecule has 16 heavy (non-hydrogen) atoms. The molecule has 1 atom stereocenters. The van der Waals surface area contributed by atoms with Crippen molar-refractivity contribution in [2.45, 2.75) is 32.4 Å². The Morgan fingerprint density at radius 1 is 1.56 bits per heavy atom.